The van der Waals surface area contributed by atoms with Gasteiger partial charge in [-0.05, 0) is 56.2 Å². The highest BCUT2D eigenvalue weighted by atomic mass is 19.1. The van der Waals surface area contributed by atoms with E-state index >= 15 is 0 Å². The number of ether oxygens (including phenoxy) is 1. The van der Waals surface area contributed by atoms with Gasteiger partial charge in [0.15, 0.2) is 0 Å². The molecule has 5 nitrogen and oxygen atoms in total. The van der Waals surface area contributed by atoms with Gasteiger partial charge in [0.05, 0.1) is 11.4 Å². The van der Waals surface area contributed by atoms with E-state index < -0.39 is 11.8 Å². The largest absolute Gasteiger partial charge is 0.422 e. The number of aryl methyl sites for hydroxylation is 3. The fourth-order valence-electron chi connectivity index (χ4n) is 4.08. The van der Waals surface area contributed by atoms with Crippen LogP contribution in [0.4, 0.5) is 4.39 Å². The first-order valence-electron chi connectivity index (χ1n) is 10.5. The van der Waals surface area contributed by atoms with Gasteiger partial charge in [-0.2, -0.15) is 5.10 Å². The van der Waals surface area contributed by atoms with Crippen molar-refractivity contribution in [2.75, 3.05) is 0 Å². The van der Waals surface area contributed by atoms with Crippen molar-refractivity contribution in [3.8, 4) is 5.75 Å². The minimum Gasteiger partial charge on any atom is -0.422 e. The van der Waals surface area contributed by atoms with E-state index in [2.05, 4.69) is 10.1 Å². The second kappa shape index (κ2) is 7.18. The van der Waals surface area contributed by atoms with Gasteiger partial charge in [0.1, 0.15) is 22.6 Å². The number of pyridine rings is 1. The Morgan fingerprint density at radius 3 is 2.67 bits per heavy atom. The molecule has 0 aliphatic carbocycles. The van der Waals surface area contributed by atoms with Crippen LogP contribution in [0.25, 0.3) is 10.9 Å². The molecule has 0 atom stereocenters. The van der Waals surface area contributed by atoms with Crippen LogP contribution in [0.5, 0.6) is 5.75 Å². The van der Waals surface area contributed by atoms with E-state index in [-0.39, 0.29) is 10.9 Å². The van der Waals surface area contributed by atoms with Gasteiger partial charge in [-0.3, -0.25) is 4.68 Å². The van der Waals surface area contributed by atoms with Crippen LogP contribution in [-0.4, -0.2) is 20.7 Å². The van der Waals surface area contributed by atoms with Crippen LogP contribution in [0.1, 0.15) is 72.7 Å². The standard InChI is InChI=1S/C24H28FN3O2/c1-7-18-20(19-9-8-10-28(19)27-18)23(29)30-22-13(2)14(3)26-21-16(22)11-15(12-17(21)25)24(4,5)6/h11-12H,7-10H2,1-6H3. The molecular formula is C24H28FN3O2. The summed E-state index contributed by atoms with van der Waals surface area (Å²) in [7, 11) is 0. The molecule has 6 heteroatoms. The molecule has 1 aliphatic heterocycles. The summed E-state index contributed by atoms with van der Waals surface area (Å²) >= 11 is 0. The van der Waals surface area contributed by atoms with Crippen LogP contribution in [-0.2, 0) is 24.8 Å². The van der Waals surface area contributed by atoms with Gasteiger partial charge in [-0.1, -0.05) is 27.7 Å². The third-order valence-electron chi connectivity index (χ3n) is 5.98. The van der Waals surface area contributed by atoms with Crippen molar-refractivity contribution in [1.29, 1.82) is 0 Å². The summed E-state index contributed by atoms with van der Waals surface area (Å²) in [6.45, 7) is 12.5. The molecule has 0 saturated heterocycles. The molecule has 158 valence electrons. The number of carbonyl (C=O) groups is 1. The first-order chi connectivity index (χ1) is 14.1. The monoisotopic (exact) mass is 409 g/mol. The predicted molar refractivity (Wildman–Crippen MR) is 115 cm³/mol. The van der Waals surface area contributed by atoms with Crippen molar-refractivity contribution in [3.63, 3.8) is 0 Å². The van der Waals surface area contributed by atoms with E-state index in [0.717, 1.165) is 41.9 Å². The molecule has 3 aromatic rings. The highest BCUT2D eigenvalue weighted by Gasteiger charge is 2.29. The number of esters is 1. The Kier molecular flexibility index (Phi) is 4.91. The van der Waals surface area contributed by atoms with Crippen LogP contribution < -0.4 is 4.74 Å². The maximum atomic E-state index is 15.0. The van der Waals surface area contributed by atoms with Gasteiger partial charge in [0.2, 0.25) is 0 Å². The lowest BCUT2D eigenvalue weighted by atomic mass is 9.86. The van der Waals surface area contributed by atoms with E-state index in [1.807, 2.05) is 45.4 Å². The average molecular weight is 410 g/mol. The molecule has 0 saturated carbocycles. The average Bonchev–Trinajstić information content (AvgIpc) is 3.25. The van der Waals surface area contributed by atoms with Crippen molar-refractivity contribution in [2.45, 2.75) is 72.8 Å². The summed E-state index contributed by atoms with van der Waals surface area (Å²) in [6.07, 6.45) is 2.45. The van der Waals surface area contributed by atoms with E-state index in [1.165, 1.54) is 6.07 Å². The normalized spacial score (nSPS) is 13.7. The number of nitrogens with zero attached hydrogens (tertiary/aromatic N) is 3. The molecule has 0 N–H and O–H groups in total. The molecule has 0 spiro atoms. The van der Waals surface area contributed by atoms with Crippen LogP contribution in [0.3, 0.4) is 0 Å². The number of carbonyl (C=O) groups excluding carboxylic acids is 1. The predicted octanol–water partition coefficient (Wildman–Crippen LogP) is 5.21. The Hall–Kier alpha value is -2.76. The second-order valence-electron chi connectivity index (χ2n) is 9.09. The van der Waals surface area contributed by atoms with Crippen LogP contribution in [0.15, 0.2) is 12.1 Å². The van der Waals surface area contributed by atoms with Crippen LogP contribution in [0.2, 0.25) is 0 Å². The smallest absolute Gasteiger partial charge is 0.347 e. The van der Waals surface area contributed by atoms with Gasteiger partial charge >= 0.3 is 5.97 Å². The Morgan fingerprint density at radius 2 is 2.00 bits per heavy atom. The minimum absolute atomic E-state index is 0.227. The Balaban J connectivity index is 1.88. The van der Waals surface area contributed by atoms with Gasteiger partial charge in [-0.15, -0.1) is 0 Å². The quantitative estimate of drug-likeness (QED) is 0.557. The van der Waals surface area contributed by atoms with Gasteiger partial charge in [-0.25, -0.2) is 14.2 Å². The molecule has 1 aliphatic rings. The summed E-state index contributed by atoms with van der Waals surface area (Å²) in [5.74, 6) is -0.447. The molecule has 0 fully saturated rings. The first-order valence-corrected chi connectivity index (χ1v) is 10.5. The number of hydrogen-bond donors (Lipinski definition) is 0. The SMILES string of the molecule is CCc1nn2c(c1C(=O)Oc1c(C)c(C)nc3c(F)cc(C(C)(C)C)cc13)CCC2. The number of aromatic nitrogens is 3. The Morgan fingerprint density at radius 1 is 1.27 bits per heavy atom. The van der Waals surface area contributed by atoms with Crippen LogP contribution in [0, 0.1) is 19.7 Å². The zero-order valence-electron chi connectivity index (χ0n) is 18.5. The third kappa shape index (κ3) is 3.28. The molecule has 1 aromatic carbocycles. The number of fused-ring (bicyclic) bond motifs is 2. The number of benzene rings is 1. The van der Waals surface area contributed by atoms with E-state index in [4.69, 9.17) is 4.74 Å². The van der Waals surface area contributed by atoms with Gasteiger partial charge in [0.25, 0.3) is 0 Å². The second-order valence-corrected chi connectivity index (χ2v) is 9.09. The van der Waals surface area contributed by atoms with Crippen molar-refractivity contribution < 1.29 is 13.9 Å². The summed E-state index contributed by atoms with van der Waals surface area (Å²) < 4.78 is 22.8. The van der Waals surface area contributed by atoms with E-state index in [1.54, 1.807) is 6.92 Å². The van der Waals surface area contributed by atoms with Crippen molar-refractivity contribution in [2.24, 2.45) is 0 Å². The third-order valence-corrected chi connectivity index (χ3v) is 5.98. The van der Waals surface area contributed by atoms with Crippen molar-refractivity contribution >= 4 is 16.9 Å². The number of hydrogen-bond acceptors (Lipinski definition) is 4. The Bertz CT molecular complexity index is 1170. The summed E-state index contributed by atoms with van der Waals surface area (Å²) in [6, 6.07) is 3.42. The van der Waals surface area contributed by atoms with Gasteiger partial charge in [0, 0.05) is 23.2 Å². The summed E-state index contributed by atoms with van der Waals surface area (Å²) in [5.41, 5.74) is 4.43. The fraction of sp³-hybridized carbons (Fsp3) is 0.458. The number of rotatable bonds is 3. The molecule has 30 heavy (non-hydrogen) atoms. The molecular weight excluding hydrogens is 381 g/mol. The molecule has 3 heterocycles. The first kappa shape index (κ1) is 20.5. The summed E-state index contributed by atoms with van der Waals surface area (Å²) in [5, 5.41) is 5.10. The molecule has 4 rings (SSSR count). The van der Waals surface area contributed by atoms with Gasteiger partial charge < -0.3 is 4.74 Å². The molecule has 0 unspecified atom stereocenters. The maximum absolute atomic E-state index is 15.0. The zero-order chi connectivity index (χ0) is 21.8. The lowest BCUT2D eigenvalue weighted by Gasteiger charge is -2.21. The molecule has 0 amide bonds. The Labute approximate surface area is 176 Å². The fourth-order valence-corrected chi connectivity index (χ4v) is 4.08. The van der Waals surface area contributed by atoms with E-state index in [0.29, 0.717) is 28.8 Å². The molecule has 0 bridgehead atoms. The number of halogens is 1. The summed E-state index contributed by atoms with van der Waals surface area (Å²) in [4.78, 5) is 17.7. The van der Waals surface area contributed by atoms with Crippen molar-refractivity contribution in [1.82, 2.24) is 14.8 Å². The van der Waals surface area contributed by atoms with Crippen LogP contribution >= 0.6 is 0 Å². The van der Waals surface area contributed by atoms with E-state index in [9.17, 15) is 9.18 Å². The molecule has 2 aromatic heterocycles. The van der Waals surface area contributed by atoms with Crippen molar-refractivity contribution in [3.05, 3.63) is 51.7 Å². The molecule has 0 radical (unpaired) electrons. The minimum atomic E-state index is -0.424. The highest BCUT2D eigenvalue weighted by molar-refractivity contribution is 5.97. The highest BCUT2D eigenvalue weighted by Crippen LogP contribution is 2.36. The maximum Gasteiger partial charge on any atom is 0.347 e. The zero-order valence-corrected chi connectivity index (χ0v) is 18.5. The topological polar surface area (TPSA) is 57.0 Å². The lowest BCUT2D eigenvalue weighted by molar-refractivity contribution is 0.0733. The lowest BCUT2D eigenvalue weighted by Crippen LogP contribution is -2.15.